The fourth-order valence-corrected chi connectivity index (χ4v) is 7.38. The number of nitrogens with zero attached hydrogens (tertiary/aromatic N) is 8. The van der Waals surface area contributed by atoms with Gasteiger partial charge < -0.3 is 24.8 Å². The van der Waals surface area contributed by atoms with E-state index in [0.29, 0.717) is 12.6 Å². The number of ether oxygens (including phenoxy) is 1. The Morgan fingerprint density at radius 1 is 1.07 bits per heavy atom. The molecule has 238 valence electrons. The molecule has 0 radical (unpaired) electrons. The fourth-order valence-electron chi connectivity index (χ4n) is 7.38. The van der Waals surface area contributed by atoms with E-state index in [9.17, 15) is 0 Å². The standard InChI is InChI=1S/C36H43N9O/c1-5-25-8-6-9-26-10-7-11-30(32(25)26)43-16-12-28-29(21-43)39-35(46-23-36(13-14-36)22-42(3)4)40-33(28)38-27-19-44(20-27)34-31-18-24(2)41-45(31)17-15-37-34/h6-11,15,17-18,27H,5,12-14,16,19-23H2,1-4H3,(H,38,39,40). The SMILES string of the molecule is CCc1cccc2cccc(N3CCc4c(nc(OCC5(CN(C)C)CC5)nc4NC4CN(c5nccn6nc(C)cc56)C4)C3)c12. The molecule has 2 fully saturated rings. The zero-order chi connectivity index (χ0) is 31.4. The first-order valence-corrected chi connectivity index (χ1v) is 16.6. The molecule has 1 N–H and O–H groups in total. The Morgan fingerprint density at radius 3 is 2.67 bits per heavy atom. The molecule has 0 spiro atoms. The van der Waals surface area contributed by atoms with Crippen molar-refractivity contribution in [1.29, 1.82) is 0 Å². The van der Waals surface area contributed by atoms with Gasteiger partial charge in [-0.05, 0) is 69.8 Å². The normalized spacial score (nSPS) is 17.4. The third-order valence-corrected chi connectivity index (χ3v) is 9.86. The second-order valence-corrected chi connectivity index (χ2v) is 13.7. The van der Waals surface area contributed by atoms with Gasteiger partial charge in [-0.25, -0.2) is 9.50 Å². The van der Waals surface area contributed by atoms with Crippen molar-refractivity contribution in [2.45, 2.75) is 52.1 Å². The maximum absolute atomic E-state index is 6.43. The van der Waals surface area contributed by atoms with Gasteiger partial charge in [-0.1, -0.05) is 37.3 Å². The first kappa shape index (κ1) is 29.0. The molecule has 3 aliphatic rings. The molecule has 1 saturated heterocycles. The summed E-state index contributed by atoms with van der Waals surface area (Å²) in [4.78, 5) is 21.8. The minimum atomic E-state index is 0.205. The second-order valence-electron chi connectivity index (χ2n) is 13.7. The number of aryl methyl sites for hydroxylation is 2. The lowest BCUT2D eigenvalue weighted by Gasteiger charge is -2.41. The zero-order valence-corrected chi connectivity index (χ0v) is 27.3. The molecule has 5 heterocycles. The van der Waals surface area contributed by atoms with Gasteiger partial charge in [-0.3, -0.25) is 0 Å². The number of rotatable bonds is 10. The van der Waals surface area contributed by atoms with Crippen LogP contribution in [0.3, 0.4) is 0 Å². The molecule has 10 nitrogen and oxygen atoms in total. The topological polar surface area (TPSA) is 87.0 Å². The van der Waals surface area contributed by atoms with Gasteiger partial charge in [0.25, 0.3) is 0 Å². The lowest BCUT2D eigenvalue weighted by atomic mass is 9.98. The van der Waals surface area contributed by atoms with Crippen LogP contribution in [-0.4, -0.2) is 82.4 Å². The largest absolute Gasteiger partial charge is 0.463 e. The molecule has 2 aliphatic heterocycles. The number of nitrogens with one attached hydrogen (secondary N) is 1. The second kappa shape index (κ2) is 11.4. The van der Waals surface area contributed by atoms with Crippen molar-refractivity contribution in [2.24, 2.45) is 5.41 Å². The first-order valence-electron chi connectivity index (χ1n) is 16.6. The Kier molecular flexibility index (Phi) is 7.20. The molecule has 2 aromatic carbocycles. The van der Waals surface area contributed by atoms with Crippen LogP contribution in [0.5, 0.6) is 6.01 Å². The van der Waals surface area contributed by atoms with Gasteiger partial charge in [0.2, 0.25) is 0 Å². The van der Waals surface area contributed by atoms with Crippen molar-refractivity contribution in [1.82, 2.24) is 29.5 Å². The van der Waals surface area contributed by atoms with Gasteiger partial charge in [-0.15, -0.1) is 0 Å². The molecule has 10 heteroatoms. The Morgan fingerprint density at radius 2 is 1.89 bits per heavy atom. The van der Waals surface area contributed by atoms with Crippen LogP contribution < -0.4 is 19.9 Å². The van der Waals surface area contributed by atoms with Crippen molar-refractivity contribution in [3.8, 4) is 6.01 Å². The van der Waals surface area contributed by atoms with Crippen molar-refractivity contribution in [3.05, 3.63) is 77.4 Å². The summed E-state index contributed by atoms with van der Waals surface area (Å²) >= 11 is 0. The van der Waals surface area contributed by atoms with Gasteiger partial charge in [0, 0.05) is 60.6 Å². The highest BCUT2D eigenvalue weighted by atomic mass is 16.5. The summed E-state index contributed by atoms with van der Waals surface area (Å²) in [5.41, 5.74) is 7.17. The highest BCUT2D eigenvalue weighted by molar-refractivity contribution is 5.97. The molecule has 46 heavy (non-hydrogen) atoms. The summed E-state index contributed by atoms with van der Waals surface area (Å²) in [5, 5.41) is 11.0. The van der Waals surface area contributed by atoms with Crippen LogP contribution in [0, 0.1) is 12.3 Å². The molecular formula is C36H43N9O. The van der Waals surface area contributed by atoms with E-state index in [4.69, 9.17) is 19.7 Å². The fraction of sp³-hybridized carbons (Fsp3) is 0.444. The van der Waals surface area contributed by atoms with E-state index in [0.717, 1.165) is 74.1 Å². The minimum absolute atomic E-state index is 0.205. The Hall–Kier alpha value is -4.44. The molecule has 1 aliphatic carbocycles. The molecule has 0 amide bonds. The minimum Gasteiger partial charge on any atom is -0.463 e. The van der Waals surface area contributed by atoms with E-state index in [-0.39, 0.29) is 11.5 Å². The summed E-state index contributed by atoms with van der Waals surface area (Å²) in [6, 6.07) is 16.2. The predicted molar refractivity (Wildman–Crippen MR) is 183 cm³/mol. The smallest absolute Gasteiger partial charge is 0.318 e. The maximum atomic E-state index is 6.43. The van der Waals surface area contributed by atoms with Gasteiger partial charge in [-0.2, -0.15) is 15.1 Å². The summed E-state index contributed by atoms with van der Waals surface area (Å²) in [5.74, 6) is 1.89. The number of benzene rings is 2. The van der Waals surface area contributed by atoms with E-state index >= 15 is 0 Å². The van der Waals surface area contributed by atoms with Crippen LogP contribution in [0.1, 0.15) is 42.3 Å². The van der Waals surface area contributed by atoms with E-state index in [1.807, 2.05) is 23.8 Å². The van der Waals surface area contributed by atoms with Crippen LogP contribution in [0.4, 0.5) is 17.3 Å². The monoisotopic (exact) mass is 617 g/mol. The van der Waals surface area contributed by atoms with E-state index in [1.54, 1.807) is 0 Å². The van der Waals surface area contributed by atoms with Crippen molar-refractivity contribution in [3.63, 3.8) is 0 Å². The third-order valence-electron chi connectivity index (χ3n) is 9.86. The lowest BCUT2D eigenvalue weighted by Crippen LogP contribution is -2.55. The summed E-state index contributed by atoms with van der Waals surface area (Å²) in [7, 11) is 4.27. The Bertz CT molecular complexity index is 1900. The van der Waals surface area contributed by atoms with E-state index in [2.05, 4.69) is 88.6 Å². The zero-order valence-electron chi connectivity index (χ0n) is 27.3. The quantitative estimate of drug-likeness (QED) is 0.229. The molecule has 0 bridgehead atoms. The van der Waals surface area contributed by atoms with Crippen LogP contribution in [0.15, 0.2) is 54.9 Å². The summed E-state index contributed by atoms with van der Waals surface area (Å²) in [6.45, 7) is 9.26. The highest BCUT2D eigenvalue weighted by Gasteiger charge is 2.44. The molecule has 5 aromatic rings. The number of anilines is 3. The van der Waals surface area contributed by atoms with Crippen molar-refractivity contribution < 1.29 is 4.74 Å². The average molecular weight is 618 g/mol. The third kappa shape index (κ3) is 5.38. The molecule has 8 rings (SSSR count). The predicted octanol–water partition coefficient (Wildman–Crippen LogP) is 5.13. The summed E-state index contributed by atoms with van der Waals surface area (Å²) < 4.78 is 8.34. The van der Waals surface area contributed by atoms with E-state index < -0.39 is 0 Å². The average Bonchev–Trinajstić information content (AvgIpc) is 3.68. The van der Waals surface area contributed by atoms with Crippen LogP contribution in [-0.2, 0) is 19.4 Å². The van der Waals surface area contributed by atoms with Gasteiger partial charge in [0.15, 0.2) is 5.82 Å². The van der Waals surface area contributed by atoms with Crippen LogP contribution in [0.2, 0.25) is 0 Å². The number of hydrogen-bond acceptors (Lipinski definition) is 9. The number of fused-ring (bicyclic) bond motifs is 3. The lowest BCUT2D eigenvalue weighted by molar-refractivity contribution is 0.182. The molecule has 0 atom stereocenters. The highest BCUT2D eigenvalue weighted by Crippen LogP contribution is 2.46. The molecule has 1 saturated carbocycles. The maximum Gasteiger partial charge on any atom is 0.318 e. The first-order chi connectivity index (χ1) is 22.4. The van der Waals surface area contributed by atoms with Crippen molar-refractivity contribution in [2.75, 3.05) is 62.0 Å². The molecule has 0 unspecified atom stereocenters. The number of aromatic nitrogens is 5. The van der Waals surface area contributed by atoms with Crippen LogP contribution in [0.25, 0.3) is 16.3 Å². The van der Waals surface area contributed by atoms with E-state index in [1.165, 1.54) is 40.4 Å². The number of hydrogen-bond donors (Lipinski definition) is 1. The molecule has 3 aromatic heterocycles. The van der Waals surface area contributed by atoms with Gasteiger partial charge in [0.1, 0.15) is 11.3 Å². The van der Waals surface area contributed by atoms with Crippen molar-refractivity contribution >= 4 is 33.6 Å². The van der Waals surface area contributed by atoms with Gasteiger partial charge >= 0.3 is 6.01 Å². The summed E-state index contributed by atoms with van der Waals surface area (Å²) in [6.07, 6.45) is 7.99. The Balaban J connectivity index is 1.07. The van der Waals surface area contributed by atoms with Crippen LogP contribution >= 0.6 is 0 Å². The Labute approximate surface area is 270 Å². The van der Waals surface area contributed by atoms with Gasteiger partial charge in [0.05, 0.1) is 30.6 Å². The molecular weight excluding hydrogens is 574 g/mol.